The van der Waals surface area contributed by atoms with Crippen molar-refractivity contribution >= 4 is 0 Å². The van der Waals surface area contributed by atoms with Crippen molar-refractivity contribution < 1.29 is 9.84 Å². The average Bonchev–Trinajstić information content (AvgIpc) is 2.09. The van der Waals surface area contributed by atoms with Gasteiger partial charge in [-0.1, -0.05) is 0 Å². The third kappa shape index (κ3) is 2.77. The zero-order chi connectivity index (χ0) is 8.81. The first kappa shape index (κ1) is 8.83. The third-order valence-corrected chi connectivity index (χ3v) is 1.32. The Morgan fingerprint density at radius 2 is 2.00 bits per heavy atom. The van der Waals surface area contributed by atoms with Gasteiger partial charge in [0.2, 0.25) is 0 Å². The predicted molar refractivity (Wildman–Crippen MR) is 45.8 cm³/mol. The number of hydrazine groups is 1. The van der Waals surface area contributed by atoms with Crippen LogP contribution in [0.15, 0.2) is 24.3 Å². The zero-order valence-corrected chi connectivity index (χ0v) is 6.87. The standard InChI is InChI=1S/C8H12N2O2/c1-9-10-6-12-8-4-2-7(11)3-5-8/h2-5,9-11H,6H2,1H3. The largest absolute Gasteiger partial charge is 0.508 e. The molecule has 0 saturated heterocycles. The molecular formula is C8H12N2O2. The van der Waals surface area contributed by atoms with Gasteiger partial charge < -0.3 is 9.84 Å². The number of phenolic OH excluding ortho intramolecular Hbond substituents is 1. The fraction of sp³-hybridized carbons (Fsp3) is 0.250. The summed E-state index contributed by atoms with van der Waals surface area (Å²) in [5, 5.41) is 8.94. The number of phenols is 1. The first-order chi connectivity index (χ1) is 5.83. The Morgan fingerprint density at radius 3 is 2.58 bits per heavy atom. The average molecular weight is 168 g/mol. The Bertz CT molecular complexity index is 223. The molecule has 3 N–H and O–H groups in total. The van der Waals surface area contributed by atoms with Crippen LogP contribution in [0.1, 0.15) is 0 Å². The van der Waals surface area contributed by atoms with Crippen molar-refractivity contribution in [3.05, 3.63) is 24.3 Å². The highest BCUT2D eigenvalue weighted by Crippen LogP contribution is 2.15. The smallest absolute Gasteiger partial charge is 0.151 e. The van der Waals surface area contributed by atoms with E-state index in [1.165, 1.54) is 0 Å². The van der Waals surface area contributed by atoms with Crippen LogP contribution < -0.4 is 15.6 Å². The number of benzene rings is 1. The van der Waals surface area contributed by atoms with Crippen LogP contribution in [0.3, 0.4) is 0 Å². The highest BCUT2D eigenvalue weighted by Gasteiger charge is 1.91. The Kier molecular flexibility index (Phi) is 3.37. The highest BCUT2D eigenvalue weighted by atomic mass is 16.5. The van der Waals surface area contributed by atoms with Gasteiger partial charge in [-0.05, 0) is 31.3 Å². The van der Waals surface area contributed by atoms with Gasteiger partial charge in [0.05, 0.1) is 0 Å². The number of hydrogen-bond donors (Lipinski definition) is 3. The summed E-state index contributed by atoms with van der Waals surface area (Å²) in [7, 11) is 1.76. The molecule has 12 heavy (non-hydrogen) atoms. The third-order valence-electron chi connectivity index (χ3n) is 1.32. The van der Waals surface area contributed by atoms with E-state index in [0.717, 1.165) is 5.75 Å². The second kappa shape index (κ2) is 4.58. The first-order valence-corrected chi connectivity index (χ1v) is 3.64. The molecule has 0 saturated carbocycles. The van der Waals surface area contributed by atoms with Crippen LogP contribution in [-0.4, -0.2) is 18.9 Å². The molecule has 66 valence electrons. The van der Waals surface area contributed by atoms with Gasteiger partial charge in [0.15, 0.2) is 6.73 Å². The van der Waals surface area contributed by atoms with Crippen molar-refractivity contribution in [3.8, 4) is 11.5 Å². The normalized spacial score (nSPS) is 9.75. The minimum absolute atomic E-state index is 0.240. The number of ether oxygens (including phenoxy) is 1. The quantitative estimate of drug-likeness (QED) is 0.347. The maximum absolute atomic E-state index is 8.94. The molecule has 0 aromatic heterocycles. The van der Waals surface area contributed by atoms with Gasteiger partial charge in [-0.3, -0.25) is 5.43 Å². The Labute approximate surface area is 71.1 Å². The van der Waals surface area contributed by atoms with E-state index in [2.05, 4.69) is 10.9 Å². The second-order valence-corrected chi connectivity index (χ2v) is 2.21. The Hall–Kier alpha value is -1.26. The summed E-state index contributed by atoms with van der Waals surface area (Å²) in [4.78, 5) is 0. The first-order valence-electron chi connectivity index (χ1n) is 3.64. The van der Waals surface area contributed by atoms with Crippen molar-refractivity contribution in [1.29, 1.82) is 0 Å². The number of aromatic hydroxyl groups is 1. The van der Waals surface area contributed by atoms with E-state index in [0.29, 0.717) is 6.73 Å². The molecule has 0 aliphatic carbocycles. The molecule has 0 radical (unpaired) electrons. The fourth-order valence-corrected chi connectivity index (χ4v) is 0.734. The Balaban J connectivity index is 2.37. The van der Waals surface area contributed by atoms with E-state index in [-0.39, 0.29) is 5.75 Å². The van der Waals surface area contributed by atoms with Crippen LogP contribution in [-0.2, 0) is 0 Å². The van der Waals surface area contributed by atoms with Gasteiger partial charge in [0.25, 0.3) is 0 Å². The number of nitrogens with one attached hydrogen (secondary N) is 2. The van der Waals surface area contributed by atoms with Crippen molar-refractivity contribution in [2.75, 3.05) is 13.8 Å². The highest BCUT2D eigenvalue weighted by molar-refractivity contribution is 5.29. The van der Waals surface area contributed by atoms with Gasteiger partial charge in [-0.15, -0.1) is 0 Å². The monoisotopic (exact) mass is 168 g/mol. The predicted octanol–water partition coefficient (Wildman–Crippen LogP) is 0.452. The minimum atomic E-state index is 0.240. The lowest BCUT2D eigenvalue weighted by atomic mass is 10.3. The van der Waals surface area contributed by atoms with Gasteiger partial charge in [-0.2, -0.15) is 0 Å². The summed E-state index contributed by atoms with van der Waals surface area (Å²) in [6.45, 7) is 0.390. The van der Waals surface area contributed by atoms with Crippen molar-refractivity contribution in [2.24, 2.45) is 0 Å². The molecule has 4 heteroatoms. The summed E-state index contributed by atoms with van der Waals surface area (Å²) < 4.78 is 5.22. The topological polar surface area (TPSA) is 53.5 Å². The molecule has 0 heterocycles. The molecule has 1 rings (SSSR count). The van der Waals surface area contributed by atoms with E-state index in [4.69, 9.17) is 9.84 Å². The van der Waals surface area contributed by atoms with Gasteiger partial charge in [-0.25, -0.2) is 5.43 Å². The van der Waals surface area contributed by atoms with Crippen LogP contribution in [0, 0.1) is 0 Å². The molecule has 0 aliphatic heterocycles. The zero-order valence-electron chi connectivity index (χ0n) is 6.87. The van der Waals surface area contributed by atoms with Crippen molar-refractivity contribution in [2.45, 2.75) is 0 Å². The molecule has 0 fully saturated rings. The summed E-state index contributed by atoms with van der Waals surface area (Å²) >= 11 is 0. The molecule has 0 aliphatic rings. The summed E-state index contributed by atoms with van der Waals surface area (Å²) in [5.41, 5.74) is 5.50. The van der Waals surface area contributed by atoms with Crippen LogP contribution in [0.25, 0.3) is 0 Å². The minimum Gasteiger partial charge on any atom is -0.508 e. The van der Waals surface area contributed by atoms with Crippen LogP contribution in [0.2, 0.25) is 0 Å². The van der Waals surface area contributed by atoms with Crippen LogP contribution >= 0.6 is 0 Å². The molecule has 4 nitrogen and oxygen atoms in total. The van der Waals surface area contributed by atoms with Crippen molar-refractivity contribution in [1.82, 2.24) is 10.9 Å². The summed E-state index contributed by atoms with van der Waals surface area (Å²) in [6.07, 6.45) is 0. The van der Waals surface area contributed by atoms with Gasteiger partial charge in [0, 0.05) is 0 Å². The molecule has 0 amide bonds. The van der Waals surface area contributed by atoms with E-state index in [1.807, 2.05) is 0 Å². The molecule has 0 spiro atoms. The van der Waals surface area contributed by atoms with E-state index in [1.54, 1.807) is 31.3 Å². The SMILES string of the molecule is CNNCOc1ccc(O)cc1. The Morgan fingerprint density at radius 1 is 1.33 bits per heavy atom. The van der Waals surface area contributed by atoms with Crippen LogP contribution in [0.4, 0.5) is 0 Å². The van der Waals surface area contributed by atoms with Crippen LogP contribution in [0.5, 0.6) is 11.5 Å². The maximum atomic E-state index is 8.94. The lowest BCUT2D eigenvalue weighted by Gasteiger charge is -2.05. The molecule has 0 bridgehead atoms. The fourth-order valence-electron chi connectivity index (χ4n) is 0.734. The van der Waals surface area contributed by atoms with Gasteiger partial charge in [0.1, 0.15) is 11.5 Å². The molecule has 1 aromatic carbocycles. The second-order valence-electron chi connectivity index (χ2n) is 2.21. The maximum Gasteiger partial charge on any atom is 0.151 e. The van der Waals surface area contributed by atoms with E-state index >= 15 is 0 Å². The van der Waals surface area contributed by atoms with E-state index in [9.17, 15) is 0 Å². The molecule has 0 unspecified atom stereocenters. The van der Waals surface area contributed by atoms with Crippen molar-refractivity contribution in [3.63, 3.8) is 0 Å². The lowest BCUT2D eigenvalue weighted by molar-refractivity contribution is 0.267. The molecular weight excluding hydrogens is 156 g/mol. The lowest BCUT2D eigenvalue weighted by Crippen LogP contribution is -2.31. The molecule has 1 aromatic rings. The summed E-state index contributed by atoms with van der Waals surface area (Å²) in [5.74, 6) is 0.958. The van der Waals surface area contributed by atoms with E-state index < -0.39 is 0 Å². The number of hydrogen-bond acceptors (Lipinski definition) is 4. The molecule has 0 atom stereocenters. The van der Waals surface area contributed by atoms with Gasteiger partial charge >= 0.3 is 0 Å². The number of rotatable bonds is 4. The summed E-state index contributed by atoms with van der Waals surface area (Å²) in [6, 6.07) is 6.56.